The van der Waals surface area contributed by atoms with Crippen LogP contribution >= 0.6 is 0 Å². The van der Waals surface area contributed by atoms with Gasteiger partial charge in [-0.05, 0) is 37.1 Å². The van der Waals surface area contributed by atoms with Crippen molar-refractivity contribution in [1.29, 1.82) is 0 Å². The zero-order chi connectivity index (χ0) is 14.7. The van der Waals surface area contributed by atoms with Crippen molar-refractivity contribution in [1.82, 2.24) is 4.90 Å². The Morgan fingerprint density at radius 1 is 0.857 bits per heavy atom. The number of carbonyl (C=O) groups is 1. The van der Waals surface area contributed by atoms with Crippen molar-refractivity contribution in [3.05, 3.63) is 24.3 Å². The minimum Gasteiger partial charge on any atom is -0.372 e. The predicted octanol–water partition coefficient (Wildman–Crippen LogP) is 2.35. The summed E-state index contributed by atoms with van der Waals surface area (Å²) in [4.78, 5) is 18.5. The van der Waals surface area contributed by atoms with Gasteiger partial charge in [0.1, 0.15) is 0 Å². The molecule has 114 valence electrons. The molecule has 2 aliphatic heterocycles. The fourth-order valence-corrected chi connectivity index (χ4v) is 3.29. The second-order valence-corrected chi connectivity index (χ2v) is 5.93. The van der Waals surface area contributed by atoms with E-state index < -0.39 is 0 Å². The number of benzene rings is 1. The van der Waals surface area contributed by atoms with E-state index >= 15 is 0 Å². The molecule has 1 aromatic carbocycles. The van der Waals surface area contributed by atoms with Gasteiger partial charge in [0.25, 0.3) is 0 Å². The molecule has 0 aliphatic carbocycles. The molecule has 0 aromatic heterocycles. The summed E-state index contributed by atoms with van der Waals surface area (Å²) < 4.78 is 0. The zero-order valence-electron chi connectivity index (χ0n) is 12.9. The lowest BCUT2D eigenvalue weighted by molar-refractivity contribution is -0.131. The van der Waals surface area contributed by atoms with Gasteiger partial charge in [0.15, 0.2) is 0 Å². The van der Waals surface area contributed by atoms with Crippen molar-refractivity contribution >= 4 is 17.3 Å². The molecule has 4 heteroatoms. The average Bonchev–Trinajstić information content (AvgIpc) is 3.09. The Kier molecular flexibility index (Phi) is 4.32. The third-order valence-corrected chi connectivity index (χ3v) is 4.62. The van der Waals surface area contributed by atoms with E-state index in [1.807, 2.05) is 11.8 Å². The molecule has 1 amide bonds. The Bertz CT molecular complexity index is 471. The molecule has 0 atom stereocenters. The van der Waals surface area contributed by atoms with Crippen LogP contribution in [0.1, 0.15) is 26.2 Å². The van der Waals surface area contributed by atoms with Gasteiger partial charge < -0.3 is 14.7 Å². The first-order chi connectivity index (χ1) is 10.3. The van der Waals surface area contributed by atoms with Gasteiger partial charge in [-0.3, -0.25) is 4.79 Å². The normalized spacial score (nSPS) is 19.2. The van der Waals surface area contributed by atoms with Crippen LogP contribution in [0.3, 0.4) is 0 Å². The molecule has 0 saturated carbocycles. The Morgan fingerprint density at radius 3 is 1.81 bits per heavy atom. The number of nitrogens with zero attached hydrogens (tertiary/aromatic N) is 3. The molecule has 2 heterocycles. The first-order valence-electron chi connectivity index (χ1n) is 8.15. The topological polar surface area (TPSA) is 26.8 Å². The van der Waals surface area contributed by atoms with Crippen molar-refractivity contribution < 1.29 is 4.79 Å². The highest BCUT2D eigenvalue weighted by atomic mass is 16.2. The van der Waals surface area contributed by atoms with Crippen LogP contribution in [-0.2, 0) is 4.79 Å². The Morgan fingerprint density at radius 2 is 1.33 bits per heavy atom. The first kappa shape index (κ1) is 14.2. The summed E-state index contributed by atoms with van der Waals surface area (Å²) in [6.07, 6.45) is 3.24. The summed E-state index contributed by atoms with van der Waals surface area (Å²) >= 11 is 0. The predicted molar refractivity (Wildman–Crippen MR) is 87.0 cm³/mol. The van der Waals surface area contributed by atoms with E-state index in [2.05, 4.69) is 34.1 Å². The van der Waals surface area contributed by atoms with Gasteiger partial charge in [0.05, 0.1) is 0 Å². The molecular formula is C17H25N3O. The SMILES string of the molecule is CCC(=O)N1CCN(c2ccc(N3CCCC3)cc2)CC1. The van der Waals surface area contributed by atoms with Crippen LogP contribution < -0.4 is 9.80 Å². The second-order valence-electron chi connectivity index (χ2n) is 5.93. The van der Waals surface area contributed by atoms with E-state index in [1.54, 1.807) is 0 Å². The molecule has 0 bridgehead atoms. The highest BCUT2D eigenvalue weighted by molar-refractivity contribution is 5.76. The van der Waals surface area contributed by atoms with E-state index in [9.17, 15) is 4.79 Å². The monoisotopic (exact) mass is 287 g/mol. The molecule has 2 saturated heterocycles. The van der Waals surface area contributed by atoms with Gasteiger partial charge in [-0.25, -0.2) is 0 Å². The van der Waals surface area contributed by atoms with Crippen molar-refractivity contribution in [3.8, 4) is 0 Å². The van der Waals surface area contributed by atoms with Gasteiger partial charge in [-0.2, -0.15) is 0 Å². The van der Waals surface area contributed by atoms with Gasteiger partial charge in [-0.15, -0.1) is 0 Å². The number of carbonyl (C=O) groups excluding carboxylic acids is 1. The third kappa shape index (κ3) is 3.14. The molecule has 0 unspecified atom stereocenters. The molecular weight excluding hydrogens is 262 g/mol. The first-order valence-corrected chi connectivity index (χ1v) is 8.15. The maximum atomic E-state index is 11.7. The molecule has 3 rings (SSSR count). The van der Waals surface area contributed by atoms with Crippen LogP contribution in [0.5, 0.6) is 0 Å². The summed E-state index contributed by atoms with van der Waals surface area (Å²) in [5, 5.41) is 0. The minimum atomic E-state index is 0.277. The summed E-state index contributed by atoms with van der Waals surface area (Å²) in [5.74, 6) is 0.277. The van der Waals surface area contributed by atoms with E-state index in [-0.39, 0.29) is 5.91 Å². The molecule has 0 spiro atoms. The fraction of sp³-hybridized carbons (Fsp3) is 0.588. The number of amides is 1. The highest BCUT2D eigenvalue weighted by Crippen LogP contribution is 2.24. The lowest BCUT2D eigenvalue weighted by Crippen LogP contribution is -2.48. The maximum Gasteiger partial charge on any atom is 0.222 e. The number of hydrogen-bond acceptors (Lipinski definition) is 3. The third-order valence-electron chi connectivity index (χ3n) is 4.62. The smallest absolute Gasteiger partial charge is 0.222 e. The second kappa shape index (κ2) is 6.37. The van der Waals surface area contributed by atoms with Crippen molar-refractivity contribution in [2.75, 3.05) is 49.1 Å². The van der Waals surface area contributed by atoms with Crippen molar-refractivity contribution in [2.45, 2.75) is 26.2 Å². The fourth-order valence-electron chi connectivity index (χ4n) is 3.29. The summed E-state index contributed by atoms with van der Waals surface area (Å²) in [6, 6.07) is 8.93. The summed E-state index contributed by atoms with van der Waals surface area (Å²) in [7, 11) is 0. The van der Waals surface area contributed by atoms with Gasteiger partial charge in [0.2, 0.25) is 5.91 Å². The van der Waals surface area contributed by atoms with Crippen molar-refractivity contribution in [3.63, 3.8) is 0 Å². The van der Waals surface area contributed by atoms with E-state index in [4.69, 9.17) is 0 Å². The van der Waals surface area contributed by atoms with Crippen LogP contribution in [0, 0.1) is 0 Å². The van der Waals surface area contributed by atoms with Crippen LogP contribution in [0.25, 0.3) is 0 Å². The van der Waals surface area contributed by atoms with Crippen LogP contribution in [0.15, 0.2) is 24.3 Å². The number of hydrogen-bond donors (Lipinski definition) is 0. The zero-order valence-corrected chi connectivity index (χ0v) is 12.9. The molecule has 2 aliphatic rings. The van der Waals surface area contributed by atoms with E-state index in [0.717, 1.165) is 26.2 Å². The van der Waals surface area contributed by atoms with Crippen LogP contribution in [-0.4, -0.2) is 50.1 Å². The van der Waals surface area contributed by atoms with Gasteiger partial charge in [-0.1, -0.05) is 6.92 Å². The standard InChI is InChI=1S/C17H25N3O/c1-2-17(21)20-13-11-19(12-14-20)16-7-5-15(6-8-16)18-9-3-4-10-18/h5-8H,2-4,9-14H2,1H3. The number of piperazine rings is 1. The highest BCUT2D eigenvalue weighted by Gasteiger charge is 2.20. The van der Waals surface area contributed by atoms with Crippen LogP contribution in [0.2, 0.25) is 0 Å². The summed E-state index contributed by atoms with van der Waals surface area (Å²) in [6.45, 7) is 7.89. The summed E-state index contributed by atoms with van der Waals surface area (Å²) in [5.41, 5.74) is 2.62. The Hall–Kier alpha value is -1.71. The maximum absolute atomic E-state index is 11.7. The molecule has 1 aromatic rings. The average molecular weight is 287 g/mol. The largest absolute Gasteiger partial charge is 0.372 e. The molecule has 0 radical (unpaired) electrons. The van der Waals surface area contributed by atoms with Gasteiger partial charge in [0, 0.05) is 57.1 Å². The van der Waals surface area contributed by atoms with Crippen molar-refractivity contribution in [2.24, 2.45) is 0 Å². The minimum absolute atomic E-state index is 0.277. The number of anilines is 2. The Balaban J connectivity index is 1.59. The lowest BCUT2D eigenvalue weighted by Gasteiger charge is -2.36. The Labute approximate surface area is 127 Å². The molecule has 21 heavy (non-hydrogen) atoms. The van der Waals surface area contributed by atoms with E-state index in [1.165, 1.54) is 37.3 Å². The molecule has 2 fully saturated rings. The van der Waals surface area contributed by atoms with E-state index in [0.29, 0.717) is 6.42 Å². The number of rotatable bonds is 3. The van der Waals surface area contributed by atoms with Gasteiger partial charge >= 0.3 is 0 Å². The lowest BCUT2D eigenvalue weighted by atomic mass is 10.2. The van der Waals surface area contributed by atoms with Crippen LogP contribution in [0.4, 0.5) is 11.4 Å². The molecule has 4 nitrogen and oxygen atoms in total. The molecule has 0 N–H and O–H groups in total. The quantitative estimate of drug-likeness (QED) is 0.854.